The Morgan fingerprint density at radius 2 is 2.07 bits per heavy atom. The van der Waals surface area contributed by atoms with Crippen molar-refractivity contribution in [1.82, 2.24) is 15.0 Å². The predicted octanol–water partition coefficient (Wildman–Crippen LogP) is 3.67. The van der Waals surface area contributed by atoms with Crippen LogP contribution in [0.4, 0.5) is 5.82 Å². The summed E-state index contributed by atoms with van der Waals surface area (Å²) in [7, 11) is 3.23. The van der Waals surface area contributed by atoms with Crippen LogP contribution in [0.15, 0.2) is 34.9 Å². The third-order valence-corrected chi connectivity index (χ3v) is 5.65. The standard InChI is InChI=1S/C19H20N4O4S2/c1-4-27-18(24)14-8-21-19(23-16(14)20)29-10-11-9-28-17(22-11)13-6-5-12(25-2)7-15(13)26-3/h5-9H,4,10H2,1-3H3,(H2,20,21,23). The summed E-state index contributed by atoms with van der Waals surface area (Å²) >= 11 is 2.91. The van der Waals surface area contributed by atoms with Gasteiger partial charge in [-0.25, -0.2) is 19.7 Å². The first-order valence-electron chi connectivity index (χ1n) is 8.65. The molecular formula is C19H20N4O4S2. The van der Waals surface area contributed by atoms with Crippen molar-refractivity contribution >= 4 is 34.9 Å². The van der Waals surface area contributed by atoms with E-state index in [0.717, 1.165) is 22.0 Å². The minimum atomic E-state index is -0.529. The van der Waals surface area contributed by atoms with Gasteiger partial charge in [-0.2, -0.15) is 0 Å². The number of nitrogens with two attached hydrogens (primary N) is 1. The van der Waals surface area contributed by atoms with Gasteiger partial charge in [0.25, 0.3) is 0 Å². The summed E-state index contributed by atoms with van der Waals surface area (Å²) in [5.74, 6) is 1.55. The van der Waals surface area contributed by atoms with Crippen LogP contribution in [-0.2, 0) is 10.5 Å². The Morgan fingerprint density at radius 1 is 1.24 bits per heavy atom. The lowest BCUT2D eigenvalue weighted by atomic mass is 10.2. The SMILES string of the molecule is CCOC(=O)c1cnc(SCc2csc(-c3ccc(OC)cc3OC)n2)nc1N. The minimum Gasteiger partial charge on any atom is -0.497 e. The Bertz CT molecular complexity index is 1010. The van der Waals surface area contributed by atoms with Crippen molar-refractivity contribution in [1.29, 1.82) is 0 Å². The summed E-state index contributed by atoms with van der Waals surface area (Å²) in [4.78, 5) is 24.8. The van der Waals surface area contributed by atoms with Gasteiger partial charge in [-0.05, 0) is 19.1 Å². The van der Waals surface area contributed by atoms with E-state index in [4.69, 9.17) is 19.9 Å². The summed E-state index contributed by atoms with van der Waals surface area (Å²) in [6.45, 7) is 1.99. The Balaban J connectivity index is 1.70. The highest BCUT2D eigenvalue weighted by molar-refractivity contribution is 7.98. The number of carbonyl (C=O) groups is 1. The smallest absolute Gasteiger partial charge is 0.343 e. The van der Waals surface area contributed by atoms with Crippen molar-refractivity contribution < 1.29 is 19.0 Å². The molecule has 0 saturated carbocycles. The number of methoxy groups -OCH3 is 2. The number of nitrogen functional groups attached to an aromatic ring is 1. The molecule has 0 aliphatic carbocycles. The third-order valence-electron chi connectivity index (χ3n) is 3.83. The van der Waals surface area contributed by atoms with Crippen molar-refractivity contribution in [2.24, 2.45) is 0 Å². The average molecular weight is 433 g/mol. The number of rotatable bonds is 8. The zero-order valence-corrected chi connectivity index (χ0v) is 17.8. The van der Waals surface area contributed by atoms with Gasteiger partial charge in [-0.1, -0.05) is 11.8 Å². The highest BCUT2D eigenvalue weighted by atomic mass is 32.2. The van der Waals surface area contributed by atoms with Gasteiger partial charge in [-0.15, -0.1) is 11.3 Å². The van der Waals surface area contributed by atoms with Crippen LogP contribution in [0.1, 0.15) is 23.0 Å². The Hall–Kier alpha value is -2.85. The van der Waals surface area contributed by atoms with Gasteiger partial charge in [0, 0.05) is 23.4 Å². The quantitative estimate of drug-likeness (QED) is 0.324. The minimum absolute atomic E-state index is 0.0999. The van der Waals surface area contributed by atoms with Gasteiger partial charge >= 0.3 is 5.97 Å². The second kappa shape index (κ2) is 9.57. The van der Waals surface area contributed by atoms with Gasteiger partial charge in [-0.3, -0.25) is 0 Å². The largest absolute Gasteiger partial charge is 0.497 e. The maximum absolute atomic E-state index is 11.8. The van der Waals surface area contributed by atoms with Crippen molar-refractivity contribution in [3.05, 3.63) is 41.0 Å². The van der Waals surface area contributed by atoms with Crippen LogP contribution in [0.3, 0.4) is 0 Å². The molecule has 0 fully saturated rings. The van der Waals surface area contributed by atoms with Crippen LogP contribution in [0.25, 0.3) is 10.6 Å². The maximum Gasteiger partial charge on any atom is 0.343 e. The number of carbonyl (C=O) groups excluding carboxylic acids is 1. The number of hydrogen-bond donors (Lipinski definition) is 1. The van der Waals surface area contributed by atoms with E-state index in [1.54, 1.807) is 21.1 Å². The average Bonchev–Trinajstić information content (AvgIpc) is 3.20. The first-order chi connectivity index (χ1) is 14.0. The molecule has 152 valence electrons. The second-order valence-corrected chi connectivity index (χ2v) is 7.47. The number of ether oxygens (including phenoxy) is 3. The Labute approximate surface area is 176 Å². The molecule has 0 atom stereocenters. The molecule has 0 amide bonds. The van der Waals surface area contributed by atoms with Crippen molar-refractivity contribution in [2.45, 2.75) is 17.8 Å². The number of anilines is 1. The molecule has 0 aliphatic heterocycles. The highest BCUT2D eigenvalue weighted by Crippen LogP contribution is 2.35. The Kier molecular flexibility index (Phi) is 6.89. The molecule has 1 aromatic carbocycles. The van der Waals surface area contributed by atoms with Crippen LogP contribution in [0.2, 0.25) is 0 Å². The second-order valence-electron chi connectivity index (χ2n) is 5.67. The van der Waals surface area contributed by atoms with E-state index in [1.165, 1.54) is 29.3 Å². The van der Waals surface area contributed by atoms with E-state index in [1.807, 2.05) is 23.6 Å². The molecule has 0 radical (unpaired) electrons. The molecule has 3 rings (SSSR count). The third kappa shape index (κ3) is 4.96. The van der Waals surface area contributed by atoms with Crippen LogP contribution < -0.4 is 15.2 Å². The molecule has 29 heavy (non-hydrogen) atoms. The van der Waals surface area contributed by atoms with Gasteiger partial charge in [0.2, 0.25) is 0 Å². The summed E-state index contributed by atoms with van der Waals surface area (Å²) < 4.78 is 15.6. The molecule has 2 aromatic heterocycles. The Morgan fingerprint density at radius 3 is 2.76 bits per heavy atom. The summed E-state index contributed by atoms with van der Waals surface area (Å²) in [6, 6.07) is 5.62. The maximum atomic E-state index is 11.8. The van der Waals surface area contributed by atoms with Crippen LogP contribution >= 0.6 is 23.1 Å². The van der Waals surface area contributed by atoms with Gasteiger partial charge in [0.15, 0.2) is 5.16 Å². The summed E-state index contributed by atoms with van der Waals surface area (Å²) in [5, 5.41) is 3.29. The molecule has 0 aliphatic rings. The molecule has 0 saturated heterocycles. The highest BCUT2D eigenvalue weighted by Gasteiger charge is 2.15. The van der Waals surface area contributed by atoms with E-state index in [2.05, 4.69) is 15.0 Å². The lowest BCUT2D eigenvalue weighted by molar-refractivity contribution is 0.0526. The number of benzene rings is 1. The fraction of sp³-hybridized carbons (Fsp3) is 0.263. The molecule has 2 heterocycles. The van der Waals surface area contributed by atoms with Crippen LogP contribution in [0, 0.1) is 0 Å². The molecule has 0 spiro atoms. The molecule has 10 heteroatoms. The normalized spacial score (nSPS) is 10.6. The first kappa shape index (κ1) is 20.9. The number of thioether (sulfide) groups is 1. The first-order valence-corrected chi connectivity index (χ1v) is 10.5. The number of nitrogens with zero attached hydrogens (tertiary/aromatic N) is 3. The lowest BCUT2D eigenvalue weighted by Gasteiger charge is -2.08. The molecule has 0 bridgehead atoms. The van der Waals surface area contributed by atoms with Crippen molar-refractivity contribution in [3.63, 3.8) is 0 Å². The van der Waals surface area contributed by atoms with E-state index < -0.39 is 5.97 Å². The lowest BCUT2D eigenvalue weighted by Crippen LogP contribution is -2.10. The zero-order chi connectivity index (χ0) is 20.8. The van der Waals surface area contributed by atoms with Gasteiger partial charge in [0.1, 0.15) is 27.9 Å². The van der Waals surface area contributed by atoms with E-state index in [-0.39, 0.29) is 18.0 Å². The summed E-state index contributed by atoms with van der Waals surface area (Å²) in [5.41, 5.74) is 7.80. The fourth-order valence-corrected chi connectivity index (χ4v) is 4.09. The number of thiazole rings is 1. The van der Waals surface area contributed by atoms with Crippen LogP contribution in [-0.4, -0.2) is 41.7 Å². The number of aromatic nitrogens is 3. The predicted molar refractivity (Wildman–Crippen MR) is 113 cm³/mol. The fourth-order valence-electron chi connectivity index (χ4n) is 2.42. The van der Waals surface area contributed by atoms with E-state index in [9.17, 15) is 4.79 Å². The van der Waals surface area contributed by atoms with Crippen molar-refractivity contribution in [2.75, 3.05) is 26.6 Å². The molecular weight excluding hydrogens is 412 g/mol. The monoisotopic (exact) mass is 432 g/mol. The van der Waals surface area contributed by atoms with Crippen molar-refractivity contribution in [3.8, 4) is 22.1 Å². The zero-order valence-electron chi connectivity index (χ0n) is 16.2. The number of hydrogen-bond acceptors (Lipinski definition) is 10. The van der Waals surface area contributed by atoms with Gasteiger partial charge < -0.3 is 19.9 Å². The molecule has 8 nitrogen and oxygen atoms in total. The van der Waals surface area contributed by atoms with E-state index in [0.29, 0.717) is 16.7 Å². The molecule has 0 unspecified atom stereocenters. The van der Waals surface area contributed by atoms with Crippen LogP contribution in [0.5, 0.6) is 11.5 Å². The summed E-state index contributed by atoms with van der Waals surface area (Å²) in [6.07, 6.45) is 1.39. The molecule has 3 aromatic rings. The molecule has 2 N–H and O–H groups in total. The van der Waals surface area contributed by atoms with Gasteiger partial charge in [0.05, 0.1) is 32.1 Å². The van der Waals surface area contributed by atoms with E-state index >= 15 is 0 Å². The topological polar surface area (TPSA) is 109 Å². The number of esters is 1.